The molecule has 1 aliphatic rings. The number of hydrogen-bond donors (Lipinski definition) is 1. The van der Waals surface area contributed by atoms with Gasteiger partial charge in [0.1, 0.15) is 0 Å². The number of hydrogen-bond acceptors (Lipinski definition) is 4. The molecule has 1 saturated heterocycles. The van der Waals surface area contributed by atoms with Crippen molar-refractivity contribution < 1.29 is 13.2 Å². The Bertz CT molecular complexity index is 906. The average Bonchev–Trinajstić information content (AvgIpc) is 2.67. The van der Waals surface area contributed by atoms with E-state index in [0.29, 0.717) is 37.6 Å². The quantitative estimate of drug-likeness (QED) is 0.821. The average molecular weight is 390 g/mol. The maximum Gasteiger partial charge on any atom is 0.243 e. The molecule has 1 aliphatic heterocycles. The summed E-state index contributed by atoms with van der Waals surface area (Å²) in [5.74, 6) is -0.00446. The van der Waals surface area contributed by atoms with Crippen LogP contribution in [0.1, 0.15) is 20.3 Å². The second-order valence-electron chi connectivity index (χ2n) is 7.07. The zero-order valence-corrected chi connectivity index (χ0v) is 16.7. The summed E-state index contributed by atoms with van der Waals surface area (Å²) in [6.07, 6.45) is 0.892. The molecule has 6 nitrogen and oxygen atoms in total. The highest BCUT2D eigenvalue weighted by Crippen LogP contribution is 2.22. The standard InChI is InChI=1S/C20H27N3O3S/c1-3-16(2)21-20(24)15-22-10-12-23(13-11-22)27(25,26)19-9-8-17-6-4-5-7-18(17)14-19/h4-9,14,16H,3,10-13,15H2,1-2H3,(H,21,24)/t16-/m0/s1. The molecule has 0 aliphatic carbocycles. The van der Waals surface area contributed by atoms with Gasteiger partial charge in [0.05, 0.1) is 11.4 Å². The Morgan fingerprint density at radius 2 is 1.74 bits per heavy atom. The van der Waals surface area contributed by atoms with Gasteiger partial charge in [-0.3, -0.25) is 9.69 Å². The molecular weight excluding hydrogens is 362 g/mol. The number of amides is 1. The molecule has 0 radical (unpaired) electrons. The SMILES string of the molecule is CC[C@H](C)NC(=O)CN1CCN(S(=O)(=O)c2ccc3ccccc3c2)CC1. The van der Waals surface area contributed by atoms with Crippen molar-refractivity contribution in [3.63, 3.8) is 0 Å². The predicted octanol–water partition coefficient (Wildman–Crippen LogP) is 2.06. The number of benzene rings is 2. The molecule has 1 atom stereocenters. The van der Waals surface area contributed by atoms with Gasteiger partial charge in [-0.25, -0.2) is 8.42 Å². The van der Waals surface area contributed by atoms with Gasteiger partial charge < -0.3 is 5.32 Å². The van der Waals surface area contributed by atoms with Gasteiger partial charge in [0.15, 0.2) is 0 Å². The first-order valence-corrected chi connectivity index (χ1v) is 10.8. The van der Waals surface area contributed by atoms with Gasteiger partial charge in [0, 0.05) is 32.2 Å². The highest BCUT2D eigenvalue weighted by atomic mass is 32.2. The minimum atomic E-state index is -3.52. The van der Waals surface area contributed by atoms with Crippen LogP contribution in [-0.4, -0.2) is 62.3 Å². The topological polar surface area (TPSA) is 69.7 Å². The Labute approximate surface area is 161 Å². The maximum absolute atomic E-state index is 13.0. The molecule has 2 aromatic rings. The van der Waals surface area contributed by atoms with Crippen LogP contribution in [0, 0.1) is 0 Å². The molecule has 1 amide bonds. The van der Waals surface area contributed by atoms with Crippen LogP contribution in [0.2, 0.25) is 0 Å². The molecule has 0 saturated carbocycles. The van der Waals surface area contributed by atoms with E-state index in [0.717, 1.165) is 17.2 Å². The Balaban J connectivity index is 1.63. The van der Waals surface area contributed by atoms with E-state index in [9.17, 15) is 13.2 Å². The number of fused-ring (bicyclic) bond motifs is 1. The molecule has 0 bridgehead atoms. The molecule has 27 heavy (non-hydrogen) atoms. The Morgan fingerprint density at radius 1 is 1.07 bits per heavy atom. The van der Waals surface area contributed by atoms with E-state index < -0.39 is 10.0 Å². The van der Waals surface area contributed by atoms with Gasteiger partial charge in [0.25, 0.3) is 0 Å². The number of sulfonamides is 1. The minimum Gasteiger partial charge on any atom is -0.353 e. The zero-order chi connectivity index (χ0) is 19.4. The summed E-state index contributed by atoms with van der Waals surface area (Å²) in [5.41, 5.74) is 0. The second-order valence-corrected chi connectivity index (χ2v) is 9.00. The number of carbonyl (C=O) groups excluding carboxylic acids is 1. The molecular formula is C20H27N3O3S. The summed E-state index contributed by atoms with van der Waals surface area (Å²) in [5, 5.41) is 4.89. The maximum atomic E-state index is 13.0. The van der Waals surface area contributed by atoms with Crippen LogP contribution in [0.25, 0.3) is 10.8 Å². The molecule has 0 aromatic heterocycles. The van der Waals surface area contributed by atoms with Crippen LogP contribution in [0.3, 0.4) is 0 Å². The highest BCUT2D eigenvalue weighted by Gasteiger charge is 2.29. The van der Waals surface area contributed by atoms with Crippen LogP contribution in [-0.2, 0) is 14.8 Å². The lowest BCUT2D eigenvalue weighted by molar-refractivity contribution is -0.123. The summed E-state index contributed by atoms with van der Waals surface area (Å²) in [6, 6.07) is 13.1. The molecule has 1 heterocycles. The van der Waals surface area contributed by atoms with Crippen LogP contribution >= 0.6 is 0 Å². The van der Waals surface area contributed by atoms with Gasteiger partial charge in [0.2, 0.25) is 15.9 Å². The van der Waals surface area contributed by atoms with E-state index >= 15 is 0 Å². The molecule has 0 spiro atoms. The molecule has 1 N–H and O–H groups in total. The molecule has 0 unspecified atom stereocenters. The van der Waals surface area contributed by atoms with Gasteiger partial charge in [-0.15, -0.1) is 0 Å². The fraction of sp³-hybridized carbons (Fsp3) is 0.450. The molecule has 7 heteroatoms. The van der Waals surface area contributed by atoms with Crippen molar-refractivity contribution in [1.82, 2.24) is 14.5 Å². The van der Waals surface area contributed by atoms with Crippen LogP contribution < -0.4 is 5.32 Å². The molecule has 2 aromatic carbocycles. The first-order chi connectivity index (χ1) is 12.9. The number of rotatable bonds is 6. The summed E-state index contributed by atoms with van der Waals surface area (Å²) >= 11 is 0. The number of piperazine rings is 1. The van der Waals surface area contributed by atoms with Gasteiger partial charge in [-0.2, -0.15) is 4.31 Å². The predicted molar refractivity (Wildman–Crippen MR) is 107 cm³/mol. The fourth-order valence-electron chi connectivity index (χ4n) is 3.23. The summed E-state index contributed by atoms with van der Waals surface area (Å²) in [4.78, 5) is 14.3. The summed E-state index contributed by atoms with van der Waals surface area (Å²) in [7, 11) is -3.52. The van der Waals surface area contributed by atoms with Gasteiger partial charge in [-0.05, 0) is 36.2 Å². The number of carbonyl (C=O) groups is 1. The number of nitrogens with zero attached hydrogens (tertiary/aromatic N) is 2. The fourth-order valence-corrected chi connectivity index (χ4v) is 4.69. The first-order valence-electron chi connectivity index (χ1n) is 9.41. The summed E-state index contributed by atoms with van der Waals surface area (Å²) in [6.45, 7) is 6.22. The van der Waals surface area contributed by atoms with Crippen LogP contribution in [0.15, 0.2) is 47.4 Å². The first kappa shape index (κ1) is 19.8. The highest BCUT2D eigenvalue weighted by molar-refractivity contribution is 7.89. The Kier molecular flexibility index (Phi) is 6.14. The smallest absolute Gasteiger partial charge is 0.243 e. The van der Waals surface area contributed by atoms with Gasteiger partial charge in [-0.1, -0.05) is 37.3 Å². The Hall–Kier alpha value is -1.96. The van der Waals surface area contributed by atoms with E-state index in [-0.39, 0.29) is 11.9 Å². The van der Waals surface area contributed by atoms with Crippen molar-refractivity contribution in [3.8, 4) is 0 Å². The lowest BCUT2D eigenvalue weighted by Crippen LogP contribution is -2.51. The van der Waals surface area contributed by atoms with E-state index in [1.807, 2.05) is 49.1 Å². The van der Waals surface area contributed by atoms with Crippen molar-refractivity contribution >= 4 is 26.7 Å². The second kappa shape index (κ2) is 8.37. The third-order valence-corrected chi connectivity index (χ3v) is 6.97. The summed E-state index contributed by atoms with van der Waals surface area (Å²) < 4.78 is 27.5. The van der Waals surface area contributed by atoms with Crippen molar-refractivity contribution in [2.24, 2.45) is 0 Å². The van der Waals surface area contributed by atoms with E-state index in [2.05, 4.69) is 5.32 Å². The van der Waals surface area contributed by atoms with Crippen molar-refractivity contribution in [3.05, 3.63) is 42.5 Å². The van der Waals surface area contributed by atoms with E-state index in [1.54, 1.807) is 12.1 Å². The molecule has 1 fully saturated rings. The lowest BCUT2D eigenvalue weighted by atomic mass is 10.1. The van der Waals surface area contributed by atoms with Crippen molar-refractivity contribution in [2.75, 3.05) is 32.7 Å². The Morgan fingerprint density at radius 3 is 2.41 bits per heavy atom. The van der Waals surface area contributed by atoms with E-state index in [4.69, 9.17) is 0 Å². The normalized spacial score (nSPS) is 17.7. The largest absolute Gasteiger partial charge is 0.353 e. The van der Waals surface area contributed by atoms with Crippen molar-refractivity contribution in [1.29, 1.82) is 0 Å². The molecule has 146 valence electrons. The monoisotopic (exact) mass is 389 g/mol. The van der Waals surface area contributed by atoms with Crippen molar-refractivity contribution in [2.45, 2.75) is 31.2 Å². The lowest BCUT2D eigenvalue weighted by Gasteiger charge is -2.33. The third-order valence-electron chi connectivity index (χ3n) is 5.08. The third kappa shape index (κ3) is 4.66. The van der Waals surface area contributed by atoms with Crippen LogP contribution in [0.5, 0.6) is 0 Å². The molecule has 3 rings (SSSR count). The number of nitrogens with one attached hydrogen (secondary N) is 1. The van der Waals surface area contributed by atoms with E-state index in [1.165, 1.54) is 4.31 Å². The minimum absolute atomic E-state index is 0.00446. The van der Waals surface area contributed by atoms with Crippen LogP contribution in [0.4, 0.5) is 0 Å². The van der Waals surface area contributed by atoms with Gasteiger partial charge >= 0.3 is 0 Å². The zero-order valence-electron chi connectivity index (χ0n) is 15.9.